The van der Waals surface area contributed by atoms with Crippen LogP contribution in [-0.2, 0) is 5.41 Å². The lowest BCUT2D eigenvalue weighted by molar-refractivity contribution is 0.722. The van der Waals surface area contributed by atoms with Gasteiger partial charge in [-0.15, -0.1) is 0 Å². The highest BCUT2D eigenvalue weighted by atomic mass is 32.2. The number of benzene rings is 11. The lowest BCUT2D eigenvalue weighted by atomic mass is 9.67. The van der Waals surface area contributed by atoms with Crippen LogP contribution in [0.15, 0.2) is 277 Å². The topological polar surface area (TPSA) is 35.6 Å². The van der Waals surface area contributed by atoms with E-state index < -0.39 is 5.41 Å². The smallest absolute Gasteiger partial charge is 0.145 e. The van der Waals surface area contributed by atoms with E-state index in [1.54, 1.807) is 0 Å². The van der Waals surface area contributed by atoms with E-state index in [2.05, 4.69) is 276 Å². The molecule has 5 heteroatoms. The van der Waals surface area contributed by atoms with Gasteiger partial charge in [0.05, 0.1) is 27.5 Å². The van der Waals surface area contributed by atoms with E-state index in [9.17, 15) is 0 Å². The molecule has 15 rings (SSSR count). The monoisotopic (exact) mass is 960 g/mol. The first-order valence-electron chi connectivity index (χ1n) is 25.2. The highest BCUT2D eigenvalue weighted by Crippen LogP contribution is 2.62. The molecule has 0 bridgehead atoms. The van der Waals surface area contributed by atoms with Crippen molar-refractivity contribution in [2.24, 2.45) is 0 Å². The average molecular weight is 961 g/mol. The quantitative estimate of drug-likeness (QED) is 0.160. The molecule has 0 amide bonds. The Morgan fingerprint density at radius 2 is 0.676 bits per heavy atom. The molecule has 1 spiro atoms. The van der Waals surface area contributed by atoms with Crippen LogP contribution in [0.1, 0.15) is 22.3 Å². The molecular weight excluding hydrogens is 917 g/mol. The number of nitrogens with zero attached hydrogens (tertiary/aromatic N) is 4. The lowest BCUT2D eigenvalue weighted by Gasteiger charge is -2.39. The maximum absolute atomic E-state index is 5.39. The Labute approximate surface area is 433 Å². The molecule has 0 N–H and O–H groups in total. The van der Waals surface area contributed by atoms with E-state index in [-0.39, 0.29) is 0 Å². The number of fused-ring (bicyclic) bond motifs is 11. The molecule has 0 saturated heterocycles. The Kier molecular flexibility index (Phi) is 9.69. The second kappa shape index (κ2) is 16.9. The SMILES string of the molecule is c1ccc(-c2nc3cc(-c4cc(-c5ccc6c(c5)-c5ccccc5C65c6ccccc6Sc6ccccc65)cc(-c5ccc6c(c5)nc(-c5ccccc5)n6-c5ccccc5)c4)ccc3n2-c2ccccc2)cc1. The first-order chi connectivity index (χ1) is 36.7. The van der Waals surface area contributed by atoms with Gasteiger partial charge in [0.1, 0.15) is 11.6 Å². The minimum atomic E-state index is -0.440. The summed E-state index contributed by atoms with van der Waals surface area (Å²) in [5, 5.41) is 0. The van der Waals surface area contributed by atoms with Crippen molar-refractivity contribution in [3.8, 4) is 78.7 Å². The molecule has 11 aromatic carbocycles. The molecule has 0 radical (unpaired) electrons. The molecule has 0 saturated carbocycles. The van der Waals surface area contributed by atoms with Crippen molar-refractivity contribution < 1.29 is 0 Å². The summed E-state index contributed by atoms with van der Waals surface area (Å²) in [5.41, 5.74) is 22.4. The van der Waals surface area contributed by atoms with Gasteiger partial charge >= 0.3 is 0 Å². The predicted octanol–water partition coefficient (Wildman–Crippen LogP) is 17.5. The lowest BCUT2D eigenvalue weighted by Crippen LogP contribution is -2.31. The zero-order valence-electron chi connectivity index (χ0n) is 40.1. The van der Waals surface area contributed by atoms with Crippen LogP contribution in [0.3, 0.4) is 0 Å². The van der Waals surface area contributed by atoms with Gasteiger partial charge in [0.25, 0.3) is 0 Å². The van der Waals surface area contributed by atoms with Crippen LogP contribution >= 0.6 is 11.8 Å². The van der Waals surface area contributed by atoms with Gasteiger partial charge in [-0.25, -0.2) is 9.97 Å². The van der Waals surface area contributed by atoms with E-state index in [0.717, 1.165) is 89.6 Å². The summed E-state index contributed by atoms with van der Waals surface area (Å²) >= 11 is 1.88. The maximum Gasteiger partial charge on any atom is 0.145 e. The van der Waals surface area contributed by atoms with Crippen LogP contribution in [0, 0.1) is 0 Å². The predicted molar refractivity (Wildman–Crippen MR) is 304 cm³/mol. The third-order valence-electron chi connectivity index (χ3n) is 15.2. The van der Waals surface area contributed by atoms with Crippen molar-refractivity contribution in [2.75, 3.05) is 0 Å². The Hall–Kier alpha value is -9.29. The van der Waals surface area contributed by atoms with Crippen LogP contribution < -0.4 is 0 Å². The maximum atomic E-state index is 5.39. The molecule has 346 valence electrons. The second-order valence-corrected chi connectivity index (χ2v) is 20.4. The normalized spacial score (nSPS) is 12.9. The van der Waals surface area contributed by atoms with Gasteiger partial charge in [-0.1, -0.05) is 194 Å². The molecule has 13 aromatic rings. The third kappa shape index (κ3) is 6.57. The number of aromatic nitrogens is 4. The van der Waals surface area contributed by atoms with E-state index in [4.69, 9.17) is 9.97 Å². The highest BCUT2D eigenvalue weighted by molar-refractivity contribution is 7.99. The number of hydrogen-bond acceptors (Lipinski definition) is 3. The van der Waals surface area contributed by atoms with Crippen molar-refractivity contribution in [3.63, 3.8) is 0 Å². The fraction of sp³-hybridized carbons (Fsp3) is 0.0145. The van der Waals surface area contributed by atoms with Crippen LogP contribution in [0.4, 0.5) is 0 Å². The highest BCUT2D eigenvalue weighted by Gasteiger charge is 2.50. The zero-order valence-corrected chi connectivity index (χ0v) is 40.9. The molecule has 2 aliphatic rings. The van der Waals surface area contributed by atoms with Crippen molar-refractivity contribution in [1.82, 2.24) is 19.1 Å². The largest absolute Gasteiger partial charge is 0.292 e. The number of hydrogen-bond donors (Lipinski definition) is 0. The van der Waals surface area contributed by atoms with E-state index in [1.807, 2.05) is 11.8 Å². The molecule has 0 atom stereocenters. The van der Waals surface area contributed by atoms with Crippen LogP contribution in [0.2, 0.25) is 0 Å². The molecule has 1 aliphatic heterocycles. The van der Waals surface area contributed by atoms with Gasteiger partial charge in [-0.3, -0.25) is 9.13 Å². The third-order valence-corrected chi connectivity index (χ3v) is 16.3. The molecule has 2 aromatic heterocycles. The molecule has 0 fully saturated rings. The first-order valence-corrected chi connectivity index (χ1v) is 26.0. The van der Waals surface area contributed by atoms with Gasteiger partial charge in [-0.05, 0) is 152 Å². The molecule has 0 unspecified atom stereocenters. The van der Waals surface area contributed by atoms with Gasteiger partial charge in [0.15, 0.2) is 0 Å². The number of rotatable bonds is 7. The van der Waals surface area contributed by atoms with Crippen molar-refractivity contribution in [1.29, 1.82) is 0 Å². The molecule has 3 heterocycles. The van der Waals surface area contributed by atoms with E-state index in [1.165, 1.54) is 43.2 Å². The Bertz CT molecular complexity index is 4100. The summed E-state index contributed by atoms with van der Waals surface area (Å²) in [4.78, 5) is 13.4. The summed E-state index contributed by atoms with van der Waals surface area (Å²) in [7, 11) is 0. The number of imidazole rings is 2. The van der Waals surface area contributed by atoms with Gasteiger partial charge < -0.3 is 0 Å². The Morgan fingerprint density at radius 3 is 1.18 bits per heavy atom. The summed E-state index contributed by atoms with van der Waals surface area (Å²) in [6.07, 6.45) is 0. The van der Waals surface area contributed by atoms with E-state index in [0.29, 0.717) is 0 Å². The van der Waals surface area contributed by atoms with Crippen LogP contribution in [0.25, 0.3) is 101 Å². The fourth-order valence-electron chi connectivity index (χ4n) is 11.9. The van der Waals surface area contributed by atoms with Crippen molar-refractivity contribution in [3.05, 3.63) is 289 Å². The second-order valence-electron chi connectivity index (χ2n) is 19.3. The Morgan fingerprint density at radius 1 is 0.284 bits per heavy atom. The van der Waals surface area contributed by atoms with Crippen LogP contribution in [-0.4, -0.2) is 19.1 Å². The minimum absolute atomic E-state index is 0.440. The Balaban J connectivity index is 0.941. The molecule has 4 nitrogen and oxygen atoms in total. The fourth-order valence-corrected chi connectivity index (χ4v) is 13.1. The minimum Gasteiger partial charge on any atom is -0.292 e. The van der Waals surface area contributed by atoms with Gasteiger partial charge in [0.2, 0.25) is 0 Å². The molecular formula is C69H44N4S. The first kappa shape index (κ1) is 42.4. The van der Waals surface area contributed by atoms with Crippen molar-refractivity contribution in [2.45, 2.75) is 15.2 Å². The van der Waals surface area contributed by atoms with Gasteiger partial charge in [-0.2, -0.15) is 0 Å². The average Bonchev–Trinajstić information content (AvgIpc) is 4.16. The summed E-state index contributed by atoms with van der Waals surface area (Å²) in [6, 6.07) is 97.0. The summed E-state index contributed by atoms with van der Waals surface area (Å²) in [6.45, 7) is 0. The van der Waals surface area contributed by atoms with Gasteiger partial charge in [0, 0.05) is 32.3 Å². The molecule has 1 aliphatic carbocycles. The summed E-state index contributed by atoms with van der Waals surface area (Å²) in [5.74, 6) is 1.82. The zero-order chi connectivity index (χ0) is 48.7. The van der Waals surface area contributed by atoms with E-state index >= 15 is 0 Å². The number of para-hydroxylation sites is 2. The van der Waals surface area contributed by atoms with Crippen LogP contribution in [0.5, 0.6) is 0 Å². The summed E-state index contributed by atoms with van der Waals surface area (Å²) < 4.78 is 4.56. The molecule has 74 heavy (non-hydrogen) atoms. The standard InChI is InChI=1S/C69H44N4S/c1-5-19-45(20-6-1)67-70-61-43-48(34-37-63(61)72(67)53-23-9-3-10-24-53)51-39-50(40-52(41-51)49-35-38-64-62(44-49)71-68(46-21-7-2-8-22-46)73(64)54-25-11-4-12-26-54)47-33-36-58-56(42-47)55-27-13-14-28-57(55)69(58)59-29-15-17-31-65(59)74-66-32-18-16-30-60(66)69/h1-44H. The van der Waals surface area contributed by atoms with Crippen molar-refractivity contribution >= 4 is 33.8 Å².